The van der Waals surface area contributed by atoms with Crippen molar-refractivity contribution in [3.05, 3.63) is 88.7 Å². The third kappa shape index (κ3) is 5.13. The van der Waals surface area contributed by atoms with Gasteiger partial charge in [0.05, 0.1) is 6.04 Å². The topological polar surface area (TPSA) is 99.2 Å². The molecule has 2 N–H and O–H groups in total. The van der Waals surface area contributed by atoms with E-state index in [0.717, 1.165) is 31.6 Å². The SMILES string of the molecule is CC(C)n1nc(-c2nc(OC3CCN(Cc4ccccc4)C3)c(N)nc2-c2ccccc2)ccc1=O. The highest BCUT2D eigenvalue weighted by molar-refractivity contribution is 5.77. The van der Waals surface area contributed by atoms with Crippen molar-refractivity contribution in [3.8, 4) is 28.5 Å². The minimum absolute atomic E-state index is 0.0432. The summed E-state index contributed by atoms with van der Waals surface area (Å²) in [4.78, 5) is 24.2. The lowest BCUT2D eigenvalue weighted by atomic mass is 10.1. The molecule has 1 aliphatic heterocycles. The number of likely N-dealkylation sites (tertiary alicyclic amines) is 1. The Morgan fingerprint density at radius 1 is 0.972 bits per heavy atom. The van der Waals surface area contributed by atoms with E-state index in [1.165, 1.54) is 16.3 Å². The lowest BCUT2D eigenvalue weighted by molar-refractivity contribution is 0.192. The van der Waals surface area contributed by atoms with Crippen molar-refractivity contribution in [2.75, 3.05) is 18.8 Å². The summed E-state index contributed by atoms with van der Waals surface area (Å²) in [6.45, 7) is 6.42. The van der Waals surface area contributed by atoms with Crippen molar-refractivity contribution in [1.29, 1.82) is 0 Å². The molecule has 8 heteroatoms. The molecule has 1 unspecified atom stereocenters. The zero-order valence-corrected chi connectivity index (χ0v) is 20.5. The van der Waals surface area contributed by atoms with Gasteiger partial charge in [-0.05, 0) is 31.9 Å². The Morgan fingerprint density at radius 3 is 2.42 bits per heavy atom. The fourth-order valence-corrected chi connectivity index (χ4v) is 4.45. The van der Waals surface area contributed by atoms with E-state index in [4.69, 9.17) is 20.4 Å². The van der Waals surface area contributed by atoms with Crippen LogP contribution in [-0.2, 0) is 6.54 Å². The van der Waals surface area contributed by atoms with Crippen LogP contribution in [0.3, 0.4) is 0 Å². The van der Waals surface area contributed by atoms with Gasteiger partial charge in [-0.3, -0.25) is 9.69 Å². The van der Waals surface area contributed by atoms with E-state index < -0.39 is 0 Å². The maximum atomic E-state index is 12.3. The molecule has 5 rings (SSSR count). The summed E-state index contributed by atoms with van der Waals surface area (Å²) in [5, 5.41) is 4.59. The number of hydrogen-bond acceptors (Lipinski definition) is 7. The van der Waals surface area contributed by atoms with Crippen LogP contribution in [0.4, 0.5) is 5.82 Å². The molecule has 0 amide bonds. The number of anilines is 1. The number of ether oxygens (including phenoxy) is 1. The predicted octanol–water partition coefficient (Wildman–Crippen LogP) is 4.18. The van der Waals surface area contributed by atoms with Crippen LogP contribution in [0.1, 0.15) is 31.9 Å². The minimum Gasteiger partial charge on any atom is -0.470 e. The molecule has 184 valence electrons. The number of hydrogen-bond donors (Lipinski definition) is 1. The van der Waals surface area contributed by atoms with Crippen LogP contribution in [0.5, 0.6) is 5.88 Å². The standard InChI is InChI=1S/C28H30N6O2/c1-19(2)34-24(35)14-13-23(32-34)26-25(21-11-7-4-8-12-21)30-27(29)28(31-26)36-22-15-16-33(18-22)17-20-9-5-3-6-10-20/h3-14,19,22H,15-18H2,1-2H3,(H2,29,30). The Morgan fingerprint density at radius 2 is 1.69 bits per heavy atom. The summed E-state index contributed by atoms with van der Waals surface area (Å²) in [5.41, 5.74) is 9.99. The molecule has 2 aromatic carbocycles. The first-order chi connectivity index (χ1) is 17.5. The summed E-state index contributed by atoms with van der Waals surface area (Å²) < 4.78 is 7.74. The van der Waals surface area contributed by atoms with Gasteiger partial charge in [-0.15, -0.1) is 0 Å². The molecule has 1 fully saturated rings. The highest BCUT2D eigenvalue weighted by Crippen LogP contribution is 2.33. The second kappa shape index (κ2) is 10.3. The van der Waals surface area contributed by atoms with Gasteiger partial charge in [0.1, 0.15) is 23.2 Å². The zero-order valence-electron chi connectivity index (χ0n) is 20.5. The van der Waals surface area contributed by atoms with Crippen LogP contribution >= 0.6 is 0 Å². The van der Waals surface area contributed by atoms with Crippen LogP contribution in [0, 0.1) is 0 Å². The maximum absolute atomic E-state index is 12.3. The van der Waals surface area contributed by atoms with Gasteiger partial charge in [0.15, 0.2) is 5.82 Å². The second-order valence-corrected chi connectivity index (χ2v) is 9.32. The average molecular weight is 483 g/mol. The Labute approximate surface area is 210 Å². The van der Waals surface area contributed by atoms with E-state index in [1.807, 2.05) is 50.2 Å². The number of benzene rings is 2. The third-order valence-corrected chi connectivity index (χ3v) is 6.25. The summed E-state index contributed by atoms with van der Waals surface area (Å²) in [6, 6.07) is 23.2. The number of rotatable bonds is 7. The zero-order chi connectivity index (χ0) is 25.1. The molecule has 0 aliphatic carbocycles. The second-order valence-electron chi connectivity index (χ2n) is 9.32. The first kappa shape index (κ1) is 23.7. The number of aromatic nitrogens is 4. The molecule has 0 radical (unpaired) electrons. The molecule has 1 atom stereocenters. The molecule has 1 saturated heterocycles. The highest BCUT2D eigenvalue weighted by atomic mass is 16.5. The molecule has 4 aromatic rings. The van der Waals surface area contributed by atoms with Crippen LogP contribution in [0.2, 0.25) is 0 Å². The van der Waals surface area contributed by atoms with Crippen LogP contribution in [0.25, 0.3) is 22.6 Å². The number of nitrogen functional groups attached to an aromatic ring is 1. The van der Waals surface area contributed by atoms with E-state index in [9.17, 15) is 4.79 Å². The fraction of sp³-hybridized carbons (Fsp3) is 0.286. The number of nitrogens with zero attached hydrogens (tertiary/aromatic N) is 5. The Bertz CT molecular complexity index is 1390. The molecule has 1 aliphatic rings. The van der Waals surface area contributed by atoms with Gasteiger partial charge in [0.2, 0.25) is 0 Å². The molecular weight excluding hydrogens is 452 g/mol. The van der Waals surface area contributed by atoms with Crippen molar-refractivity contribution in [2.24, 2.45) is 0 Å². The van der Waals surface area contributed by atoms with Crippen molar-refractivity contribution in [3.63, 3.8) is 0 Å². The summed E-state index contributed by atoms with van der Waals surface area (Å²) in [6.07, 6.45) is 0.832. The quantitative estimate of drug-likeness (QED) is 0.422. The van der Waals surface area contributed by atoms with E-state index in [1.54, 1.807) is 6.07 Å². The molecule has 2 aromatic heterocycles. The van der Waals surface area contributed by atoms with E-state index in [0.29, 0.717) is 23.0 Å². The third-order valence-electron chi connectivity index (χ3n) is 6.25. The average Bonchev–Trinajstić information content (AvgIpc) is 3.33. The monoisotopic (exact) mass is 482 g/mol. The molecule has 0 bridgehead atoms. The Balaban J connectivity index is 1.46. The van der Waals surface area contributed by atoms with Crippen LogP contribution in [-0.4, -0.2) is 43.8 Å². The lowest BCUT2D eigenvalue weighted by Crippen LogP contribution is -2.25. The molecule has 3 heterocycles. The fourth-order valence-electron chi connectivity index (χ4n) is 4.45. The van der Waals surface area contributed by atoms with E-state index in [-0.39, 0.29) is 23.5 Å². The van der Waals surface area contributed by atoms with Gasteiger partial charge < -0.3 is 10.5 Å². The molecule has 0 saturated carbocycles. The molecular formula is C28H30N6O2. The van der Waals surface area contributed by atoms with Gasteiger partial charge in [0, 0.05) is 31.3 Å². The Hall–Kier alpha value is -4.04. The summed E-state index contributed by atoms with van der Waals surface area (Å²) in [7, 11) is 0. The lowest BCUT2D eigenvalue weighted by Gasteiger charge is -2.18. The summed E-state index contributed by atoms with van der Waals surface area (Å²) in [5.74, 6) is 0.525. The highest BCUT2D eigenvalue weighted by Gasteiger charge is 2.26. The summed E-state index contributed by atoms with van der Waals surface area (Å²) >= 11 is 0. The number of nitrogens with two attached hydrogens (primary N) is 1. The van der Waals surface area contributed by atoms with Gasteiger partial charge in [-0.25, -0.2) is 14.6 Å². The van der Waals surface area contributed by atoms with Crippen molar-refractivity contribution < 1.29 is 4.74 Å². The smallest absolute Gasteiger partial charge is 0.267 e. The normalized spacial score (nSPS) is 15.9. The first-order valence-corrected chi connectivity index (χ1v) is 12.2. The van der Waals surface area contributed by atoms with Crippen LogP contribution in [0.15, 0.2) is 77.6 Å². The van der Waals surface area contributed by atoms with Gasteiger partial charge in [0.25, 0.3) is 11.4 Å². The van der Waals surface area contributed by atoms with Gasteiger partial charge >= 0.3 is 0 Å². The Kier molecular flexibility index (Phi) is 6.77. The minimum atomic E-state index is -0.167. The van der Waals surface area contributed by atoms with Gasteiger partial charge in [-0.1, -0.05) is 60.7 Å². The van der Waals surface area contributed by atoms with Crippen molar-refractivity contribution >= 4 is 5.82 Å². The molecule has 36 heavy (non-hydrogen) atoms. The van der Waals surface area contributed by atoms with E-state index >= 15 is 0 Å². The first-order valence-electron chi connectivity index (χ1n) is 12.2. The van der Waals surface area contributed by atoms with Gasteiger partial charge in [-0.2, -0.15) is 5.10 Å². The molecule has 0 spiro atoms. The molecule has 8 nitrogen and oxygen atoms in total. The predicted molar refractivity (Wildman–Crippen MR) is 141 cm³/mol. The maximum Gasteiger partial charge on any atom is 0.267 e. The van der Waals surface area contributed by atoms with Crippen LogP contribution < -0.4 is 16.0 Å². The largest absolute Gasteiger partial charge is 0.470 e. The van der Waals surface area contributed by atoms with Crippen molar-refractivity contribution in [1.82, 2.24) is 24.6 Å². The van der Waals surface area contributed by atoms with E-state index in [2.05, 4.69) is 34.3 Å². The van der Waals surface area contributed by atoms with Crippen molar-refractivity contribution in [2.45, 2.75) is 39.0 Å².